The fraction of sp³-hybridized carbons (Fsp3) is 0.929. The summed E-state index contributed by atoms with van der Waals surface area (Å²) in [4.78, 5) is 13.4. The number of carboxylic acids is 1. The zero-order chi connectivity index (χ0) is 13.0. The summed E-state index contributed by atoms with van der Waals surface area (Å²) in [5.74, 6) is 0.274. The molecule has 0 aromatic heterocycles. The van der Waals surface area contributed by atoms with E-state index in [1.807, 2.05) is 0 Å². The molecule has 0 bridgehead atoms. The lowest BCUT2D eigenvalue weighted by atomic mass is 10.0. The van der Waals surface area contributed by atoms with E-state index in [2.05, 4.69) is 17.1 Å². The number of likely N-dealkylation sites (tertiary alicyclic amines) is 1. The lowest BCUT2D eigenvalue weighted by Crippen LogP contribution is -2.49. The van der Waals surface area contributed by atoms with Crippen LogP contribution in [-0.4, -0.2) is 47.7 Å². The van der Waals surface area contributed by atoms with Crippen molar-refractivity contribution in [2.24, 2.45) is 5.92 Å². The third kappa shape index (κ3) is 3.95. The smallest absolute Gasteiger partial charge is 0.320 e. The van der Waals surface area contributed by atoms with E-state index in [4.69, 9.17) is 0 Å². The summed E-state index contributed by atoms with van der Waals surface area (Å²) in [5, 5.41) is 12.9. The van der Waals surface area contributed by atoms with Crippen molar-refractivity contribution in [1.29, 1.82) is 0 Å². The Morgan fingerprint density at radius 3 is 2.50 bits per heavy atom. The van der Waals surface area contributed by atoms with Crippen LogP contribution in [0, 0.1) is 5.92 Å². The lowest BCUT2D eigenvalue weighted by Gasteiger charge is -2.36. The van der Waals surface area contributed by atoms with Gasteiger partial charge in [0.05, 0.1) is 0 Å². The van der Waals surface area contributed by atoms with Gasteiger partial charge in [0.1, 0.15) is 6.04 Å². The molecule has 0 amide bonds. The molecule has 0 radical (unpaired) electrons. The molecule has 1 aliphatic heterocycles. The van der Waals surface area contributed by atoms with E-state index in [1.54, 1.807) is 0 Å². The first-order chi connectivity index (χ1) is 8.70. The van der Waals surface area contributed by atoms with Crippen LogP contribution in [0.15, 0.2) is 0 Å². The monoisotopic (exact) mass is 254 g/mol. The van der Waals surface area contributed by atoms with Gasteiger partial charge in [0.25, 0.3) is 0 Å². The van der Waals surface area contributed by atoms with Crippen molar-refractivity contribution in [3.63, 3.8) is 0 Å². The van der Waals surface area contributed by atoms with E-state index in [0.717, 1.165) is 44.7 Å². The fourth-order valence-electron chi connectivity index (χ4n) is 2.81. The minimum absolute atomic E-state index is 0.264. The molecule has 0 aromatic carbocycles. The van der Waals surface area contributed by atoms with Crippen LogP contribution in [0.1, 0.15) is 45.4 Å². The van der Waals surface area contributed by atoms with Crippen LogP contribution in [0.25, 0.3) is 0 Å². The van der Waals surface area contributed by atoms with E-state index in [0.29, 0.717) is 6.04 Å². The maximum Gasteiger partial charge on any atom is 0.320 e. The molecule has 4 heteroatoms. The second kappa shape index (κ2) is 6.53. The van der Waals surface area contributed by atoms with E-state index >= 15 is 0 Å². The van der Waals surface area contributed by atoms with Crippen LogP contribution >= 0.6 is 0 Å². The second-order valence-corrected chi connectivity index (χ2v) is 5.80. The van der Waals surface area contributed by atoms with Gasteiger partial charge in [-0.05, 0) is 44.6 Å². The summed E-state index contributed by atoms with van der Waals surface area (Å²) in [6.07, 6.45) is 6.69. The first-order valence-electron chi connectivity index (χ1n) is 7.41. The number of hydrogen-bond donors (Lipinski definition) is 2. The molecular weight excluding hydrogens is 228 g/mol. The molecule has 1 atom stereocenters. The highest BCUT2D eigenvalue weighted by Crippen LogP contribution is 2.28. The molecule has 2 N–H and O–H groups in total. The van der Waals surface area contributed by atoms with Crippen LogP contribution < -0.4 is 5.32 Å². The number of piperidine rings is 1. The van der Waals surface area contributed by atoms with Crippen molar-refractivity contribution in [2.75, 3.05) is 19.6 Å². The lowest BCUT2D eigenvalue weighted by molar-refractivity contribution is -0.144. The SMILES string of the molecule is CCCC(C(=O)O)N1CCC(NCC2CC2)CC1. The highest BCUT2D eigenvalue weighted by molar-refractivity contribution is 5.73. The molecule has 18 heavy (non-hydrogen) atoms. The summed E-state index contributed by atoms with van der Waals surface area (Å²) in [6, 6.07) is 0.345. The van der Waals surface area contributed by atoms with Gasteiger partial charge < -0.3 is 10.4 Å². The van der Waals surface area contributed by atoms with Gasteiger partial charge >= 0.3 is 5.97 Å². The average molecular weight is 254 g/mol. The first-order valence-corrected chi connectivity index (χ1v) is 7.41. The van der Waals surface area contributed by atoms with Gasteiger partial charge in [-0.3, -0.25) is 9.69 Å². The Bertz CT molecular complexity index is 271. The van der Waals surface area contributed by atoms with Crippen molar-refractivity contribution in [2.45, 2.75) is 57.5 Å². The summed E-state index contributed by atoms with van der Waals surface area (Å²) in [7, 11) is 0. The molecule has 2 aliphatic rings. The minimum Gasteiger partial charge on any atom is -0.480 e. The Morgan fingerprint density at radius 2 is 2.00 bits per heavy atom. The van der Waals surface area contributed by atoms with Gasteiger partial charge in [-0.25, -0.2) is 0 Å². The van der Waals surface area contributed by atoms with E-state index < -0.39 is 5.97 Å². The zero-order valence-corrected chi connectivity index (χ0v) is 11.4. The molecule has 0 aromatic rings. The van der Waals surface area contributed by atoms with Gasteiger partial charge in [0.15, 0.2) is 0 Å². The van der Waals surface area contributed by atoms with Crippen molar-refractivity contribution >= 4 is 5.97 Å². The molecule has 1 saturated heterocycles. The maximum atomic E-state index is 11.2. The number of rotatable bonds is 7. The Morgan fingerprint density at radius 1 is 1.33 bits per heavy atom. The van der Waals surface area contributed by atoms with Crippen molar-refractivity contribution in [3.8, 4) is 0 Å². The molecule has 0 spiro atoms. The summed E-state index contributed by atoms with van der Waals surface area (Å²) < 4.78 is 0. The minimum atomic E-state index is -0.652. The molecule has 104 valence electrons. The number of hydrogen-bond acceptors (Lipinski definition) is 3. The Hall–Kier alpha value is -0.610. The number of carbonyl (C=O) groups is 1. The fourth-order valence-corrected chi connectivity index (χ4v) is 2.81. The molecule has 1 heterocycles. The van der Waals surface area contributed by atoms with Crippen LogP contribution in [0.5, 0.6) is 0 Å². The molecule has 1 saturated carbocycles. The van der Waals surface area contributed by atoms with Crippen molar-refractivity contribution in [3.05, 3.63) is 0 Å². The first kappa shape index (κ1) is 13.8. The number of nitrogens with one attached hydrogen (secondary N) is 1. The summed E-state index contributed by atoms with van der Waals surface area (Å²) in [5.41, 5.74) is 0. The summed E-state index contributed by atoms with van der Waals surface area (Å²) >= 11 is 0. The van der Waals surface area contributed by atoms with E-state index in [-0.39, 0.29) is 6.04 Å². The largest absolute Gasteiger partial charge is 0.480 e. The molecule has 2 rings (SSSR count). The van der Waals surface area contributed by atoms with Crippen LogP contribution in [0.2, 0.25) is 0 Å². The predicted octanol–water partition coefficient (Wildman–Crippen LogP) is 1.70. The molecule has 1 unspecified atom stereocenters. The van der Waals surface area contributed by atoms with Crippen LogP contribution in [-0.2, 0) is 4.79 Å². The number of nitrogens with zero attached hydrogens (tertiary/aromatic N) is 1. The quantitative estimate of drug-likeness (QED) is 0.726. The van der Waals surface area contributed by atoms with E-state index in [1.165, 1.54) is 19.4 Å². The Kier molecular flexibility index (Phi) is 5.01. The Balaban J connectivity index is 1.71. The maximum absolute atomic E-state index is 11.2. The van der Waals surface area contributed by atoms with Gasteiger partial charge in [-0.1, -0.05) is 13.3 Å². The van der Waals surface area contributed by atoms with Crippen molar-refractivity contribution < 1.29 is 9.90 Å². The highest BCUT2D eigenvalue weighted by atomic mass is 16.4. The molecular formula is C14H26N2O2. The number of carboxylic acid groups (broad SMARTS) is 1. The zero-order valence-electron chi connectivity index (χ0n) is 11.4. The van der Waals surface area contributed by atoms with E-state index in [9.17, 15) is 9.90 Å². The normalized spacial score (nSPS) is 24.1. The molecule has 4 nitrogen and oxygen atoms in total. The van der Waals surface area contributed by atoms with Gasteiger partial charge in [-0.15, -0.1) is 0 Å². The molecule has 2 fully saturated rings. The Labute approximate surface area is 110 Å². The highest BCUT2D eigenvalue weighted by Gasteiger charge is 2.29. The predicted molar refractivity (Wildman–Crippen MR) is 71.7 cm³/mol. The topological polar surface area (TPSA) is 52.6 Å². The third-order valence-corrected chi connectivity index (χ3v) is 4.21. The molecule has 1 aliphatic carbocycles. The van der Waals surface area contributed by atoms with Gasteiger partial charge in [-0.2, -0.15) is 0 Å². The summed E-state index contributed by atoms with van der Waals surface area (Å²) in [6.45, 7) is 5.08. The average Bonchev–Trinajstić information content (AvgIpc) is 3.18. The van der Waals surface area contributed by atoms with Gasteiger partial charge in [0, 0.05) is 19.1 Å². The van der Waals surface area contributed by atoms with Crippen LogP contribution in [0.4, 0.5) is 0 Å². The number of aliphatic carboxylic acids is 1. The second-order valence-electron chi connectivity index (χ2n) is 5.80. The van der Waals surface area contributed by atoms with Gasteiger partial charge in [0.2, 0.25) is 0 Å². The third-order valence-electron chi connectivity index (χ3n) is 4.21. The van der Waals surface area contributed by atoms with Crippen molar-refractivity contribution in [1.82, 2.24) is 10.2 Å². The van der Waals surface area contributed by atoms with Crippen LogP contribution in [0.3, 0.4) is 0 Å². The standard InChI is InChI=1S/C14H26N2O2/c1-2-3-13(14(17)18)16-8-6-12(7-9-16)15-10-11-4-5-11/h11-13,15H,2-10H2,1H3,(H,17,18).